The molecule has 3 aromatic rings. The molecular formula is C22H25N3O4S. The number of aromatic nitrogens is 2. The van der Waals surface area contributed by atoms with Crippen LogP contribution in [0.15, 0.2) is 28.8 Å². The van der Waals surface area contributed by atoms with Gasteiger partial charge in [0.2, 0.25) is 5.89 Å². The molecule has 8 heteroatoms. The Labute approximate surface area is 179 Å². The number of thiazole rings is 1. The fourth-order valence-electron chi connectivity index (χ4n) is 3.57. The van der Waals surface area contributed by atoms with Crippen LogP contribution in [0.3, 0.4) is 0 Å². The van der Waals surface area contributed by atoms with E-state index in [2.05, 4.69) is 14.9 Å². The van der Waals surface area contributed by atoms with Crippen LogP contribution >= 0.6 is 11.3 Å². The zero-order chi connectivity index (χ0) is 20.6. The summed E-state index contributed by atoms with van der Waals surface area (Å²) in [5.74, 6) is 0.719. The molecule has 0 radical (unpaired) electrons. The van der Waals surface area contributed by atoms with Gasteiger partial charge in [-0.25, -0.2) is 9.97 Å². The van der Waals surface area contributed by atoms with E-state index in [-0.39, 0.29) is 6.10 Å². The molecule has 0 atom stereocenters. The van der Waals surface area contributed by atoms with Crippen molar-refractivity contribution in [1.82, 2.24) is 9.97 Å². The highest BCUT2D eigenvalue weighted by Crippen LogP contribution is 2.28. The number of oxazole rings is 1. The van der Waals surface area contributed by atoms with Crippen LogP contribution in [-0.4, -0.2) is 48.2 Å². The van der Waals surface area contributed by atoms with Crippen molar-refractivity contribution in [2.24, 2.45) is 0 Å². The van der Waals surface area contributed by atoms with Gasteiger partial charge in [-0.3, -0.25) is 0 Å². The normalized spacial score (nSPS) is 19.9. The van der Waals surface area contributed by atoms with Gasteiger partial charge in [-0.15, -0.1) is 0 Å². The van der Waals surface area contributed by atoms with Gasteiger partial charge in [0.25, 0.3) is 0 Å². The molecule has 0 aliphatic carbocycles. The average Bonchev–Trinajstić information content (AvgIpc) is 3.47. The Morgan fingerprint density at radius 1 is 1.17 bits per heavy atom. The molecule has 4 heterocycles. The highest BCUT2D eigenvalue weighted by Gasteiger charge is 2.29. The first-order valence-electron chi connectivity index (χ1n) is 10.3. The van der Waals surface area contributed by atoms with Crippen LogP contribution in [0.2, 0.25) is 0 Å². The SMILES string of the molecule is CC1(C)OCC(Oc2ccc3nc(/C=C/c4cnc(N5CCCC5)s4)oc3c2)CO1. The number of nitrogens with zero attached hydrogens (tertiary/aromatic N) is 3. The van der Waals surface area contributed by atoms with Crippen molar-refractivity contribution in [3.8, 4) is 5.75 Å². The Morgan fingerprint density at radius 3 is 2.77 bits per heavy atom. The third-order valence-electron chi connectivity index (χ3n) is 5.19. The minimum atomic E-state index is -0.552. The second kappa shape index (κ2) is 8.02. The first-order valence-corrected chi connectivity index (χ1v) is 11.1. The molecule has 7 nitrogen and oxygen atoms in total. The van der Waals surface area contributed by atoms with E-state index in [1.54, 1.807) is 11.3 Å². The van der Waals surface area contributed by atoms with Gasteiger partial charge in [0.05, 0.1) is 13.2 Å². The van der Waals surface area contributed by atoms with E-state index in [4.69, 9.17) is 18.6 Å². The molecule has 1 aromatic carbocycles. The molecule has 0 unspecified atom stereocenters. The second-order valence-corrected chi connectivity index (χ2v) is 9.06. The largest absolute Gasteiger partial charge is 0.485 e. The lowest BCUT2D eigenvalue weighted by atomic mass is 10.3. The van der Waals surface area contributed by atoms with Crippen molar-refractivity contribution >= 4 is 39.7 Å². The quantitative estimate of drug-likeness (QED) is 0.590. The Bertz CT molecular complexity index is 1040. The Hall–Kier alpha value is -2.42. The molecule has 2 aliphatic heterocycles. The van der Waals surface area contributed by atoms with E-state index < -0.39 is 5.79 Å². The predicted molar refractivity (Wildman–Crippen MR) is 117 cm³/mol. The van der Waals surface area contributed by atoms with Gasteiger partial charge in [0, 0.05) is 36.3 Å². The average molecular weight is 428 g/mol. The summed E-state index contributed by atoms with van der Waals surface area (Å²) in [5.41, 5.74) is 1.48. The number of rotatable bonds is 5. The van der Waals surface area contributed by atoms with E-state index in [0.29, 0.717) is 30.4 Å². The number of anilines is 1. The van der Waals surface area contributed by atoms with Crippen LogP contribution in [0.4, 0.5) is 5.13 Å². The fraction of sp³-hybridized carbons (Fsp3) is 0.455. The molecule has 0 N–H and O–H groups in total. The molecule has 2 aliphatic rings. The number of hydrogen-bond acceptors (Lipinski definition) is 8. The summed E-state index contributed by atoms with van der Waals surface area (Å²) in [6.07, 6.45) is 8.13. The number of fused-ring (bicyclic) bond motifs is 1. The van der Waals surface area contributed by atoms with Crippen LogP contribution < -0.4 is 9.64 Å². The van der Waals surface area contributed by atoms with Gasteiger partial charge in [-0.1, -0.05) is 11.3 Å². The molecule has 0 amide bonds. The maximum absolute atomic E-state index is 5.98. The zero-order valence-corrected chi connectivity index (χ0v) is 18.0. The van der Waals surface area contributed by atoms with Crippen LogP contribution in [0.5, 0.6) is 5.75 Å². The van der Waals surface area contributed by atoms with E-state index >= 15 is 0 Å². The van der Waals surface area contributed by atoms with E-state index in [9.17, 15) is 0 Å². The minimum absolute atomic E-state index is 0.145. The first-order chi connectivity index (χ1) is 14.5. The fourth-order valence-corrected chi connectivity index (χ4v) is 4.44. The molecule has 2 saturated heterocycles. The van der Waals surface area contributed by atoms with Crippen molar-refractivity contribution in [2.75, 3.05) is 31.2 Å². The number of ether oxygens (including phenoxy) is 3. The molecule has 5 rings (SSSR count). The first kappa shape index (κ1) is 19.5. The van der Waals surface area contributed by atoms with Gasteiger partial charge in [0.15, 0.2) is 16.5 Å². The van der Waals surface area contributed by atoms with Gasteiger partial charge >= 0.3 is 0 Å². The van der Waals surface area contributed by atoms with Crippen molar-refractivity contribution in [3.05, 3.63) is 35.2 Å². The molecular weight excluding hydrogens is 402 g/mol. The lowest BCUT2D eigenvalue weighted by Crippen LogP contribution is -2.44. The van der Waals surface area contributed by atoms with Gasteiger partial charge in [0.1, 0.15) is 17.4 Å². The van der Waals surface area contributed by atoms with E-state index in [0.717, 1.165) is 28.6 Å². The van der Waals surface area contributed by atoms with E-state index in [1.807, 2.05) is 50.4 Å². The van der Waals surface area contributed by atoms with Gasteiger partial charge < -0.3 is 23.5 Å². The topological polar surface area (TPSA) is 69.9 Å². The molecule has 2 fully saturated rings. The highest BCUT2D eigenvalue weighted by molar-refractivity contribution is 7.16. The van der Waals surface area contributed by atoms with Crippen LogP contribution in [0, 0.1) is 0 Å². The molecule has 2 aromatic heterocycles. The van der Waals surface area contributed by atoms with Crippen LogP contribution in [0.1, 0.15) is 37.5 Å². The maximum atomic E-state index is 5.98. The maximum Gasteiger partial charge on any atom is 0.220 e. The molecule has 158 valence electrons. The Morgan fingerprint density at radius 2 is 1.97 bits per heavy atom. The monoisotopic (exact) mass is 427 g/mol. The second-order valence-electron chi connectivity index (χ2n) is 8.02. The molecule has 0 bridgehead atoms. The van der Waals surface area contributed by atoms with Gasteiger partial charge in [-0.2, -0.15) is 0 Å². The van der Waals surface area contributed by atoms with Crippen molar-refractivity contribution in [2.45, 2.75) is 38.6 Å². The summed E-state index contributed by atoms with van der Waals surface area (Å²) in [6.45, 7) is 6.98. The lowest BCUT2D eigenvalue weighted by molar-refractivity contribution is -0.268. The smallest absolute Gasteiger partial charge is 0.220 e. The summed E-state index contributed by atoms with van der Waals surface area (Å²) in [7, 11) is 0. The number of benzene rings is 1. The molecule has 0 spiro atoms. The number of hydrogen-bond donors (Lipinski definition) is 0. The van der Waals surface area contributed by atoms with Crippen molar-refractivity contribution in [1.29, 1.82) is 0 Å². The molecule has 0 saturated carbocycles. The van der Waals surface area contributed by atoms with Crippen LogP contribution in [0.25, 0.3) is 23.3 Å². The Balaban J connectivity index is 1.25. The summed E-state index contributed by atoms with van der Waals surface area (Å²) in [6, 6.07) is 5.65. The third kappa shape index (κ3) is 4.35. The summed E-state index contributed by atoms with van der Waals surface area (Å²) in [4.78, 5) is 12.5. The highest BCUT2D eigenvalue weighted by atomic mass is 32.1. The summed E-state index contributed by atoms with van der Waals surface area (Å²) in [5, 5.41) is 1.09. The Kier molecular flexibility index (Phi) is 5.22. The summed E-state index contributed by atoms with van der Waals surface area (Å²) < 4.78 is 23.2. The predicted octanol–water partition coefficient (Wildman–Crippen LogP) is 4.59. The van der Waals surface area contributed by atoms with Gasteiger partial charge in [-0.05, 0) is 44.9 Å². The van der Waals surface area contributed by atoms with Crippen molar-refractivity contribution in [3.63, 3.8) is 0 Å². The zero-order valence-electron chi connectivity index (χ0n) is 17.2. The lowest BCUT2D eigenvalue weighted by Gasteiger charge is -2.34. The van der Waals surface area contributed by atoms with Crippen molar-refractivity contribution < 1.29 is 18.6 Å². The third-order valence-corrected chi connectivity index (χ3v) is 6.21. The van der Waals surface area contributed by atoms with Crippen LogP contribution in [-0.2, 0) is 9.47 Å². The minimum Gasteiger partial charge on any atom is -0.485 e. The summed E-state index contributed by atoms with van der Waals surface area (Å²) >= 11 is 1.69. The standard InChI is InChI=1S/C22H25N3O4S/c1-22(2)26-13-16(14-27-22)28-15-5-7-18-19(11-15)29-20(24-18)8-6-17-12-23-21(30-17)25-9-3-4-10-25/h5-8,11-12,16H,3-4,9-10,13-14H2,1-2H3/b8-6+. The molecule has 30 heavy (non-hydrogen) atoms. The van der Waals surface area contributed by atoms with E-state index in [1.165, 1.54) is 12.8 Å².